The van der Waals surface area contributed by atoms with Crippen molar-refractivity contribution in [1.82, 2.24) is 10.2 Å². The van der Waals surface area contributed by atoms with Crippen LogP contribution in [0.5, 0.6) is 0 Å². The fourth-order valence-corrected chi connectivity index (χ4v) is 3.84. The van der Waals surface area contributed by atoms with Gasteiger partial charge in [-0.15, -0.1) is 24.0 Å². The van der Waals surface area contributed by atoms with Crippen LogP contribution in [0.1, 0.15) is 37.7 Å². The minimum Gasteiger partial charge on any atom is -0.376 e. The number of guanidine groups is 1. The zero-order valence-corrected chi connectivity index (χ0v) is 19.8. The maximum Gasteiger partial charge on any atom is 0.193 e. The number of nitrogens with zero attached hydrogens (tertiary/aromatic N) is 2. The molecule has 0 spiro atoms. The molecule has 2 saturated heterocycles. The summed E-state index contributed by atoms with van der Waals surface area (Å²) in [6, 6.07) is 8.03. The number of nitrogens with one attached hydrogen (secondary N) is 1. The van der Waals surface area contributed by atoms with E-state index in [1.165, 1.54) is 18.4 Å². The van der Waals surface area contributed by atoms with Crippen LogP contribution in [0.3, 0.4) is 0 Å². The third kappa shape index (κ3) is 7.69. The van der Waals surface area contributed by atoms with Crippen molar-refractivity contribution in [2.24, 2.45) is 4.99 Å². The molecule has 1 aromatic carbocycles. The number of piperidine rings is 1. The summed E-state index contributed by atoms with van der Waals surface area (Å²) in [5.41, 5.74) is 1.28. The minimum atomic E-state index is 0. The van der Waals surface area contributed by atoms with Gasteiger partial charge in [-0.3, -0.25) is 4.99 Å². The number of halogens is 2. The molecule has 0 saturated carbocycles. The largest absolute Gasteiger partial charge is 0.376 e. The summed E-state index contributed by atoms with van der Waals surface area (Å²) in [5, 5.41) is 4.26. The Morgan fingerprint density at radius 3 is 2.61 bits per heavy atom. The molecule has 158 valence electrons. The van der Waals surface area contributed by atoms with E-state index < -0.39 is 0 Å². The molecule has 2 heterocycles. The predicted octanol–water partition coefficient (Wildman–Crippen LogP) is 4.13. The normalized spacial score (nSPS) is 21.3. The molecule has 3 rings (SSSR count). The molecule has 2 aliphatic rings. The maximum atomic E-state index is 6.11. The fourth-order valence-electron chi connectivity index (χ4n) is 3.72. The summed E-state index contributed by atoms with van der Waals surface area (Å²) in [4.78, 5) is 6.78. The summed E-state index contributed by atoms with van der Waals surface area (Å²) >= 11 is 5.94. The lowest BCUT2D eigenvalue weighted by molar-refractivity contribution is -0.0721. The van der Waals surface area contributed by atoms with Gasteiger partial charge in [0.05, 0.1) is 18.8 Å². The zero-order chi connectivity index (χ0) is 18.9. The first-order valence-electron chi connectivity index (χ1n) is 10.2. The van der Waals surface area contributed by atoms with Gasteiger partial charge in [0.25, 0.3) is 0 Å². The highest BCUT2D eigenvalue weighted by Crippen LogP contribution is 2.18. The molecule has 2 fully saturated rings. The molecule has 7 heteroatoms. The summed E-state index contributed by atoms with van der Waals surface area (Å²) in [6.45, 7) is 4.47. The first-order valence-corrected chi connectivity index (χ1v) is 10.6. The Hall–Kier alpha value is -0.570. The van der Waals surface area contributed by atoms with E-state index in [4.69, 9.17) is 21.1 Å². The van der Waals surface area contributed by atoms with Crippen LogP contribution in [0.15, 0.2) is 29.3 Å². The van der Waals surface area contributed by atoms with E-state index in [0.717, 1.165) is 69.5 Å². The highest BCUT2D eigenvalue weighted by molar-refractivity contribution is 14.0. The van der Waals surface area contributed by atoms with Gasteiger partial charge in [0.15, 0.2) is 5.96 Å². The van der Waals surface area contributed by atoms with Crippen molar-refractivity contribution >= 4 is 41.5 Å². The lowest BCUT2D eigenvalue weighted by atomic mass is 10.1. The smallest absolute Gasteiger partial charge is 0.193 e. The topological polar surface area (TPSA) is 46.1 Å². The minimum absolute atomic E-state index is 0. The second kappa shape index (κ2) is 12.9. The van der Waals surface area contributed by atoms with Gasteiger partial charge in [-0.2, -0.15) is 0 Å². The fraction of sp³-hybridized carbons (Fsp3) is 0.667. The molecule has 0 amide bonds. The van der Waals surface area contributed by atoms with Crippen LogP contribution in [0.4, 0.5) is 0 Å². The Bertz CT molecular complexity index is 586. The van der Waals surface area contributed by atoms with Crippen molar-refractivity contribution < 1.29 is 9.47 Å². The Morgan fingerprint density at radius 1 is 1.21 bits per heavy atom. The van der Waals surface area contributed by atoms with Gasteiger partial charge in [0.1, 0.15) is 0 Å². The quantitative estimate of drug-likeness (QED) is 0.347. The van der Waals surface area contributed by atoms with Crippen molar-refractivity contribution in [2.75, 3.05) is 39.9 Å². The van der Waals surface area contributed by atoms with Crippen molar-refractivity contribution in [3.05, 3.63) is 34.9 Å². The molecule has 2 aliphatic heterocycles. The van der Waals surface area contributed by atoms with E-state index >= 15 is 0 Å². The molecular weight excluding hydrogens is 489 g/mol. The van der Waals surface area contributed by atoms with Crippen molar-refractivity contribution in [3.8, 4) is 0 Å². The number of rotatable bonds is 6. The van der Waals surface area contributed by atoms with Gasteiger partial charge in [-0.05, 0) is 56.2 Å². The number of hydrogen-bond donors (Lipinski definition) is 1. The van der Waals surface area contributed by atoms with E-state index in [0.29, 0.717) is 12.2 Å². The molecule has 0 radical (unpaired) electrons. The average molecular weight is 522 g/mol. The van der Waals surface area contributed by atoms with Crippen molar-refractivity contribution in [3.63, 3.8) is 0 Å². The molecule has 1 aromatic rings. The monoisotopic (exact) mass is 521 g/mol. The third-order valence-electron chi connectivity index (χ3n) is 5.36. The number of aliphatic imine (C=N–C) groups is 1. The molecule has 1 N–H and O–H groups in total. The molecule has 0 aliphatic carbocycles. The molecule has 5 nitrogen and oxygen atoms in total. The summed E-state index contributed by atoms with van der Waals surface area (Å²) in [6.07, 6.45) is 7.30. The maximum absolute atomic E-state index is 6.11. The van der Waals surface area contributed by atoms with Crippen LogP contribution in [-0.2, 0) is 15.9 Å². The Balaban J connectivity index is 0.00000280. The van der Waals surface area contributed by atoms with Crippen LogP contribution >= 0.6 is 35.6 Å². The third-order valence-corrected chi connectivity index (χ3v) is 5.61. The number of benzene rings is 1. The number of ether oxygens (including phenoxy) is 2. The van der Waals surface area contributed by atoms with Crippen LogP contribution in [0.2, 0.25) is 5.02 Å². The molecule has 1 unspecified atom stereocenters. The lowest BCUT2D eigenvalue weighted by Crippen LogP contribution is -2.47. The number of hydrogen-bond acceptors (Lipinski definition) is 3. The van der Waals surface area contributed by atoms with E-state index in [1.807, 2.05) is 19.2 Å². The molecule has 0 bridgehead atoms. The molecule has 1 atom stereocenters. The van der Waals surface area contributed by atoms with Gasteiger partial charge < -0.3 is 19.7 Å². The van der Waals surface area contributed by atoms with E-state index in [-0.39, 0.29) is 24.0 Å². The lowest BCUT2D eigenvalue weighted by Gasteiger charge is -2.35. The van der Waals surface area contributed by atoms with Gasteiger partial charge in [0, 0.05) is 38.3 Å². The highest BCUT2D eigenvalue weighted by Gasteiger charge is 2.23. The van der Waals surface area contributed by atoms with Crippen LogP contribution in [0, 0.1) is 0 Å². The SMILES string of the molecule is CN=C(NCCc1ccc(Cl)cc1)N1CCC(OCC2CCCCO2)CC1.I. The standard InChI is InChI=1S/C21H32ClN3O2.HI/c1-23-21(24-12-9-17-5-7-18(22)8-6-17)25-13-10-19(11-14-25)27-16-20-4-2-3-15-26-20;/h5-8,19-20H,2-4,9-16H2,1H3,(H,23,24);1H. The van der Waals surface area contributed by atoms with Gasteiger partial charge in [-0.1, -0.05) is 23.7 Å². The Labute approximate surface area is 191 Å². The molecule has 0 aromatic heterocycles. The number of likely N-dealkylation sites (tertiary alicyclic amines) is 1. The van der Waals surface area contributed by atoms with Crippen molar-refractivity contribution in [2.45, 2.75) is 50.7 Å². The highest BCUT2D eigenvalue weighted by atomic mass is 127. The van der Waals surface area contributed by atoms with Gasteiger partial charge >= 0.3 is 0 Å². The van der Waals surface area contributed by atoms with Crippen molar-refractivity contribution in [1.29, 1.82) is 0 Å². The van der Waals surface area contributed by atoms with E-state index in [9.17, 15) is 0 Å². The first kappa shape index (κ1) is 23.7. The van der Waals surface area contributed by atoms with E-state index in [2.05, 4.69) is 27.3 Å². The molecular formula is C21H33ClIN3O2. The van der Waals surface area contributed by atoms with Crippen LogP contribution < -0.4 is 5.32 Å². The Kier molecular flexibility index (Phi) is 10.9. The Morgan fingerprint density at radius 2 is 1.96 bits per heavy atom. The zero-order valence-electron chi connectivity index (χ0n) is 16.7. The summed E-state index contributed by atoms with van der Waals surface area (Å²) in [5.74, 6) is 0.984. The van der Waals surface area contributed by atoms with Gasteiger partial charge in [0.2, 0.25) is 0 Å². The first-order chi connectivity index (χ1) is 13.2. The van der Waals surface area contributed by atoms with Crippen LogP contribution in [-0.4, -0.2) is 63.0 Å². The summed E-state index contributed by atoms with van der Waals surface area (Å²) < 4.78 is 11.9. The second-order valence-corrected chi connectivity index (χ2v) is 7.80. The van der Waals surface area contributed by atoms with E-state index in [1.54, 1.807) is 0 Å². The summed E-state index contributed by atoms with van der Waals surface area (Å²) in [7, 11) is 1.85. The predicted molar refractivity (Wildman–Crippen MR) is 126 cm³/mol. The van der Waals surface area contributed by atoms with Crippen LogP contribution in [0.25, 0.3) is 0 Å². The van der Waals surface area contributed by atoms with Gasteiger partial charge in [-0.25, -0.2) is 0 Å². The second-order valence-electron chi connectivity index (χ2n) is 7.36. The average Bonchev–Trinajstić information content (AvgIpc) is 2.72. The molecule has 28 heavy (non-hydrogen) atoms.